The van der Waals surface area contributed by atoms with Crippen molar-refractivity contribution in [3.63, 3.8) is 0 Å². The SMILES string of the molecule is O=C(c1cccc(Br)c1)N1CCCC1c1nc2cc(-c3ccc(F)c(F)c3)ccc2o1. The van der Waals surface area contributed by atoms with Gasteiger partial charge < -0.3 is 9.32 Å². The van der Waals surface area contributed by atoms with Crippen molar-refractivity contribution < 1.29 is 18.0 Å². The molecule has 1 atom stereocenters. The Bertz CT molecular complexity index is 1300. The van der Waals surface area contributed by atoms with E-state index in [-0.39, 0.29) is 11.9 Å². The van der Waals surface area contributed by atoms with E-state index < -0.39 is 11.6 Å². The van der Waals surface area contributed by atoms with Crippen molar-refractivity contribution in [3.05, 3.63) is 88.2 Å². The third kappa shape index (κ3) is 3.74. The molecule has 0 spiro atoms. The maximum Gasteiger partial charge on any atom is 0.254 e. The summed E-state index contributed by atoms with van der Waals surface area (Å²) in [7, 11) is 0. The Morgan fingerprint density at radius 1 is 1.03 bits per heavy atom. The number of hydrogen-bond acceptors (Lipinski definition) is 3. The number of carbonyl (C=O) groups excluding carboxylic acids is 1. The van der Waals surface area contributed by atoms with Gasteiger partial charge in [0.25, 0.3) is 5.91 Å². The molecule has 5 rings (SSSR count). The van der Waals surface area contributed by atoms with E-state index in [9.17, 15) is 13.6 Å². The van der Waals surface area contributed by atoms with Crippen LogP contribution < -0.4 is 0 Å². The van der Waals surface area contributed by atoms with Crippen LogP contribution in [0.25, 0.3) is 22.2 Å². The van der Waals surface area contributed by atoms with Gasteiger partial charge in [0, 0.05) is 16.6 Å². The van der Waals surface area contributed by atoms with Crippen molar-refractivity contribution >= 4 is 32.9 Å². The van der Waals surface area contributed by atoms with Gasteiger partial charge in [-0.05, 0) is 66.4 Å². The molecule has 1 aliphatic rings. The van der Waals surface area contributed by atoms with Crippen LogP contribution in [-0.4, -0.2) is 22.3 Å². The van der Waals surface area contributed by atoms with Crippen LogP contribution in [0.3, 0.4) is 0 Å². The van der Waals surface area contributed by atoms with Crippen molar-refractivity contribution in [3.8, 4) is 11.1 Å². The Kier molecular flexibility index (Phi) is 5.06. The predicted octanol–water partition coefficient (Wildman–Crippen LogP) is 6.51. The molecule has 1 fully saturated rings. The Hall–Kier alpha value is -3.06. The molecule has 3 aromatic carbocycles. The molecule has 7 heteroatoms. The molecule has 0 radical (unpaired) electrons. The highest BCUT2D eigenvalue weighted by atomic mass is 79.9. The zero-order valence-corrected chi connectivity index (χ0v) is 17.9. The monoisotopic (exact) mass is 482 g/mol. The second kappa shape index (κ2) is 7.89. The Morgan fingerprint density at radius 2 is 1.84 bits per heavy atom. The number of oxazole rings is 1. The number of nitrogens with zero attached hydrogens (tertiary/aromatic N) is 2. The molecule has 0 saturated carbocycles. The van der Waals surface area contributed by atoms with Crippen molar-refractivity contribution in [2.24, 2.45) is 0 Å². The fourth-order valence-corrected chi connectivity index (χ4v) is 4.40. The van der Waals surface area contributed by atoms with E-state index in [0.29, 0.717) is 40.2 Å². The van der Waals surface area contributed by atoms with Crippen LogP contribution in [0.15, 0.2) is 69.6 Å². The molecular formula is C24H17BrF2N2O2. The van der Waals surface area contributed by atoms with E-state index in [2.05, 4.69) is 20.9 Å². The molecule has 4 aromatic rings. The van der Waals surface area contributed by atoms with E-state index >= 15 is 0 Å². The van der Waals surface area contributed by atoms with Crippen LogP contribution in [0.4, 0.5) is 8.78 Å². The summed E-state index contributed by atoms with van der Waals surface area (Å²) >= 11 is 3.41. The summed E-state index contributed by atoms with van der Waals surface area (Å²) in [4.78, 5) is 19.5. The van der Waals surface area contributed by atoms with Crippen molar-refractivity contribution in [1.82, 2.24) is 9.88 Å². The highest BCUT2D eigenvalue weighted by molar-refractivity contribution is 9.10. The average Bonchev–Trinajstić information content (AvgIpc) is 3.41. The molecule has 1 amide bonds. The quantitative estimate of drug-likeness (QED) is 0.334. The van der Waals surface area contributed by atoms with Gasteiger partial charge in [-0.2, -0.15) is 0 Å². The van der Waals surface area contributed by atoms with Crippen LogP contribution in [-0.2, 0) is 0 Å². The van der Waals surface area contributed by atoms with E-state index in [0.717, 1.165) is 29.4 Å². The van der Waals surface area contributed by atoms with Gasteiger partial charge in [-0.3, -0.25) is 4.79 Å². The number of hydrogen-bond donors (Lipinski definition) is 0. The number of fused-ring (bicyclic) bond motifs is 1. The maximum atomic E-state index is 13.6. The van der Waals surface area contributed by atoms with Gasteiger partial charge in [0.1, 0.15) is 11.6 Å². The number of amides is 1. The number of benzene rings is 3. The second-order valence-electron chi connectivity index (χ2n) is 7.53. The van der Waals surface area contributed by atoms with E-state index in [1.165, 1.54) is 6.07 Å². The smallest absolute Gasteiger partial charge is 0.254 e. The largest absolute Gasteiger partial charge is 0.438 e. The molecule has 0 N–H and O–H groups in total. The average molecular weight is 483 g/mol. The Morgan fingerprint density at radius 3 is 2.65 bits per heavy atom. The zero-order valence-electron chi connectivity index (χ0n) is 16.3. The molecule has 1 aromatic heterocycles. The molecule has 31 heavy (non-hydrogen) atoms. The van der Waals surface area contributed by atoms with Gasteiger partial charge in [-0.1, -0.05) is 34.1 Å². The Labute approximate surface area is 185 Å². The summed E-state index contributed by atoms with van der Waals surface area (Å²) in [5.74, 6) is -1.36. The normalized spacial score (nSPS) is 16.2. The van der Waals surface area contributed by atoms with E-state index in [1.54, 1.807) is 35.2 Å². The Balaban J connectivity index is 1.47. The summed E-state index contributed by atoms with van der Waals surface area (Å²) in [6, 6.07) is 16.2. The van der Waals surface area contributed by atoms with Crippen LogP contribution in [0, 0.1) is 11.6 Å². The lowest BCUT2D eigenvalue weighted by Gasteiger charge is -2.22. The van der Waals surface area contributed by atoms with Gasteiger partial charge in [0.2, 0.25) is 5.89 Å². The van der Waals surface area contributed by atoms with E-state index in [1.807, 2.05) is 12.1 Å². The van der Waals surface area contributed by atoms with Crippen LogP contribution in [0.5, 0.6) is 0 Å². The zero-order chi connectivity index (χ0) is 21.5. The number of rotatable bonds is 3. The molecule has 1 aliphatic heterocycles. The van der Waals surface area contributed by atoms with Gasteiger partial charge in [-0.15, -0.1) is 0 Å². The number of carbonyl (C=O) groups is 1. The van der Waals surface area contributed by atoms with Gasteiger partial charge in [-0.25, -0.2) is 13.8 Å². The van der Waals surface area contributed by atoms with Gasteiger partial charge in [0.05, 0.1) is 0 Å². The molecule has 0 aliphatic carbocycles. The first-order chi connectivity index (χ1) is 15.0. The molecule has 1 unspecified atom stereocenters. The molecule has 2 heterocycles. The minimum Gasteiger partial charge on any atom is -0.438 e. The third-order valence-electron chi connectivity index (χ3n) is 5.53. The maximum absolute atomic E-state index is 13.6. The number of halogens is 3. The van der Waals surface area contributed by atoms with Crippen molar-refractivity contribution in [2.45, 2.75) is 18.9 Å². The third-order valence-corrected chi connectivity index (χ3v) is 6.02. The second-order valence-corrected chi connectivity index (χ2v) is 8.45. The summed E-state index contributed by atoms with van der Waals surface area (Å²) < 4.78 is 33.7. The fourth-order valence-electron chi connectivity index (χ4n) is 4.00. The lowest BCUT2D eigenvalue weighted by molar-refractivity contribution is 0.0717. The highest BCUT2D eigenvalue weighted by Gasteiger charge is 2.34. The first kappa shape index (κ1) is 19.9. The minimum atomic E-state index is -0.897. The molecule has 4 nitrogen and oxygen atoms in total. The summed E-state index contributed by atoms with van der Waals surface area (Å²) in [5.41, 5.74) is 3.07. The fraction of sp³-hybridized carbons (Fsp3) is 0.167. The number of likely N-dealkylation sites (tertiary alicyclic amines) is 1. The first-order valence-electron chi connectivity index (χ1n) is 9.92. The minimum absolute atomic E-state index is 0.0615. The summed E-state index contributed by atoms with van der Waals surface area (Å²) in [6.07, 6.45) is 1.63. The molecular weight excluding hydrogens is 466 g/mol. The predicted molar refractivity (Wildman–Crippen MR) is 117 cm³/mol. The van der Waals surface area contributed by atoms with Gasteiger partial charge in [0.15, 0.2) is 17.2 Å². The topological polar surface area (TPSA) is 46.3 Å². The highest BCUT2D eigenvalue weighted by Crippen LogP contribution is 2.35. The van der Waals surface area contributed by atoms with Crippen LogP contribution in [0.2, 0.25) is 0 Å². The summed E-state index contributed by atoms with van der Waals surface area (Å²) in [6.45, 7) is 0.634. The lowest BCUT2D eigenvalue weighted by atomic mass is 10.1. The van der Waals surface area contributed by atoms with Crippen molar-refractivity contribution in [2.75, 3.05) is 6.54 Å². The number of aromatic nitrogens is 1. The van der Waals surface area contributed by atoms with Crippen LogP contribution >= 0.6 is 15.9 Å². The standard InChI is InChI=1S/C24H17BrF2N2O2/c25-17-4-1-3-16(11-17)24(30)29-10-2-5-21(29)23-28-20-13-15(7-9-22(20)31-23)14-6-8-18(26)19(27)12-14/h1,3-4,6-9,11-13,21H,2,5,10H2. The van der Waals surface area contributed by atoms with Crippen molar-refractivity contribution in [1.29, 1.82) is 0 Å². The van der Waals surface area contributed by atoms with Gasteiger partial charge >= 0.3 is 0 Å². The lowest BCUT2D eigenvalue weighted by Crippen LogP contribution is -2.30. The molecule has 0 bridgehead atoms. The summed E-state index contributed by atoms with van der Waals surface area (Å²) in [5, 5.41) is 0. The molecule has 1 saturated heterocycles. The van der Waals surface area contributed by atoms with Crippen LogP contribution in [0.1, 0.15) is 35.1 Å². The molecule has 156 valence electrons. The first-order valence-corrected chi connectivity index (χ1v) is 10.7. The van der Waals surface area contributed by atoms with E-state index in [4.69, 9.17) is 4.42 Å².